The maximum atomic E-state index is 11.8. The van der Waals surface area contributed by atoms with Gasteiger partial charge in [-0.25, -0.2) is 4.79 Å². The number of hydrogen-bond donors (Lipinski definition) is 3. The first-order chi connectivity index (χ1) is 7.04. The van der Waals surface area contributed by atoms with Gasteiger partial charge in [-0.1, -0.05) is 0 Å². The van der Waals surface area contributed by atoms with Crippen LogP contribution >= 0.6 is 30.8 Å². The minimum atomic E-state index is -4.59. The Hall–Kier alpha value is 0.120. The monoisotopic (exact) mass is 295 g/mol. The van der Waals surface area contributed by atoms with Gasteiger partial charge in [-0.15, -0.1) is 23.2 Å². The number of halogens is 2. The van der Waals surface area contributed by atoms with E-state index in [2.05, 4.69) is 0 Å². The fourth-order valence-corrected chi connectivity index (χ4v) is 2.22. The average Bonchev–Trinajstić information content (AvgIpc) is 1.95. The number of nitrogens with zero attached hydrogens (tertiary/aromatic N) is 1. The molecule has 0 fully saturated rings. The zero-order valence-electron chi connectivity index (χ0n) is 8.12. The van der Waals surface area contributed by atoms with Crippen molar-refractivity contribution < 1.29 is 28.9 Å². The van der Waals surface area contributed by atoms with Gasteiger partial charge in [-0.05, 0) is 0 Å². The molecule has 0 saturated heterocycles. The van der Waals surface area contributed by atoms with Gasteiger partial charge in [-0.2, -0.15) is 0 Å². The molecule has 0 bridgehead atoms. The molecule has 0 saturated carbocycles. The van der Waals surface area contributed by atoms with Gasteiger partial charge in [0.2, 0.25) is 0 Å². The summed E-state index contributed by atoms with van der Waals surface area (Å²) in [5.41, 5.74) is 0. The number of rotatable bonds is 7. The van der Waals surface area contributed by atoms with E-state index >= 15 is 0 Å². The van der Waals surface area contributed by atoms with Gasteiger partial charge in [-0.3, -0.25) is 4.57 Å². The molecule has 0 radical (unpaired) electrons. The summed E-state index contributed by atoms with van der Waals surface area (Å²) in [6.07, 6.45) is -1.14. The van der Waals surface area contributed by atoms with Crippen LogP contribution in [0.3, 0.4) is 0 Å². The van der Waals surface area contributed by atoms with Crippen LogP contribution in [0.4, 0.5) is 0 Å². The van der Waals surface area contributed by atoms with Crippen molar-refractivity contribution in [3.05, 3.63) is 5.21 Å². The van der Waals surface area contributed by atoms with Gasteiger partial charge in [0.25, 0.3) is 0 Å². The van der Waals surface area contributed by atoms with Crippen LogP contribution in [-0.4, -0.2) is 49.7 Å². The van der Waals surface area contributed by atoms with Gasteiger partial charge < -0.3 is 24.7 Å². The lowest BCUT2D eigenvalue weighted by Gasteiger charge is -2.41. The largest absolute Gasteiger partial charge is 0.632 e. The van der Waals surface area contributed by atoms with E-state index in [0.717, 1.165) is 0 Å². The quantitative estimate of drug-likeness (QED) is 0.276. The van der Waals surface area contributed by atoms with E-state index in [0.29, 0.717) is 0 Å². The number of hydroxylamine groups is 3. The summed E-state index contributed by atoms with van der Waals surface area (Å²) in [4.78, 5) is 26.9. The number of alkyl halides is 2. The van der Waals surface area contributed by atoms with Crippen molar-refractivity contribution in [1.29, 1.82) is 0 Å². The summed E-state index contributed by atoms with van der Waals surface area (Å²) < 4.78 is 9.15. The molecule has 0 aliphatic rings. The highest BCUT2D eigenvalue weighted by atomic mass is 35.5. The Morgan fingerprint density at radius 2 is 1.94 bits per heavy atom. The van der Waals surface area contributed by atoms with Crippen molar-refractivity contribution in [3.63, 3.8) is 0 Å². The number of aliphatic carboxylic acids is 1. The fourth-order valence-electron chi connectivity index (χ4n) is 1.11. The number of quaternary nitrogens is 1. The second kappa shape index (κ2) is 6.16. The third kappa shape index (κ3) is 8.29. The summed E-state index contributed by atoms with van der Waals surface area (Å²) >= 11 is 10.7. The van der Waals surface area contributed by atoms with Gasteiger partial charge in [0, 0.05) is 6.42 Å². The lowest BCUT2D eigenvalue weighted by Crippen LogP contribution is -2.47. The average molecular weight is 296 g/mol. The zero-order chi connectivity index (χ0) is 13.0. The van der Waals surface area contributed by atoms with Crippen molar-refractivity contribution >= 4 is 36.8 Å². The molecule has 0 aromatic heterocycles. The van der Waals surface area contributed by atoms with Gasteiger partial charge in [0.05, 0.1) is 6.54 Å². The van der Waals surface area contributed by atoms with E-state index in [-0.39, 0.29) is 13.0 Å². The smallest absolute Gasteiger partial charge is 0.379 e. The Kier molecular flexibility index (Phi) is 6.21. The molecule has 1 unspecified atom stereocenters. The van der Waals surface area contributed by atoms with Crippen molar-refractivity contribution in [2.75, 3.05) is 19.4 Å². The number of carboxylic acid groups (broad SMARTS) is 1. The molecule has 0 amide bonds. The molecule has 0 rings (SSSR count). The number of hydrogen-bond acceptors (Lipinski definition) is 3. The molecular formula is C6H12Cl2NO6P. The van der Waals surface area contributed by atoms with E-state index in [9.17, 15) is 14.6 Å². The standard InChI is InChI=1S/C6H12Cl2NO6P/c7-5(8)1-2-9(12,3-6(10)11)4-16(13,14)15/h5H,1-4H2,(H,10,11)(H2,13,14,15). The molecule has 96 valence electrons. The van der Waals surface area contributed by atoms with Crippen LogP contribution in [0.5, 0.6) is 0 Å². The molecule has 0 heterocycles. The minimum absolute atomic E-state index is 0.0418. The highest BCUT2D eigenvalue weighted by Crippen LogP contribution is 2.38. The fraction of sp³-hybridized carbons (Fsp3) is 0.833. The highest BCUT2D eigenvalue weighted by Gasteiger charge is 2.30. The van der Waals surface area contributed by atoms with Crippen LogP contribution in [-0.2, 0) is 9.36 Å². The maximum absolute atomic E-state index is 11.8. The third-order valence-corrected chi connectivity index (χ3v) is 2.94. The molecule has 0 aliphatic carbocycles. The lowest BCUT2D eigenvalue weighted by molar-refractivity contribution is -0.862. The van der Waals surface area contributed by atoms with E-state index in [1.54, 1.807) is 0 Å². The molecule has 16 heavy (non-hydrogen) atoms. The second-order valence-electron chi connectivity index (χ2n) is 3.32. The van der Waals surface area contributed by atoms with Crippen LogP contribution in [0.15, 0.2) is 0 Å². The van der Waals surface area contributed by atoms with E-state index in [4.69, 9.17) is 38.1 Å². The van der Waals surface area contributed by atoms with Crippen molar-refractivity contribution in [2.45, 2.75) is 11.3 Å². The van der Waals surface area contributed by atoms with Crippen LogP contribution in [0.1, 0.15) is 6.42 Å². The molecular weight excluding hydrogens is 284 g/mol. The Balaban J connectivity index is 4.60. The highest BCUT2D eigenvalue weighted by molar-refractivity contribution is 7.51. The van der Waals surface area contributed by atoms with Crippen molar-refractivity contribution in [3.8, 4) is 0 Å². The predicted octanol–water partition coefficient (Wildman–Crippen LogP) is 0.715. The van der Waals surface area contributed by atoms with Gasteiger partial charge in [0.15, 0.2) is 12.8 Å². The Bertz CT molecular complexity index is 295. The van der Waals surface area contributed by atoms with Gasteiger partial charge in [0.1, 0.15) is 4.84 Å². The number of carbonyl (C=O) groups is 1. The SMILES string of the molecule is O=C(O)C[N+]([O-])(CCC(Cl)Cl)CP(=O)(O)O. The lowest BCUT2D eigenvalue weighted by atomic mass is 10.4. The van der Waals surface area contributed by atoms with E-state index < -0.39 is 35.9 Å². The molecule has 0 aromatic carbocycles. The van der Waals surface area contributed by atoms with Crippen LogP contribution in [0.25, 0.3) is 0 Å². The molecule has 0 aromatic rings. The van der Waals surface area contributed by atoms with Crippen molar-refractivity contribution in [1.82, 2.24) is 0 Å². The third-order valence-electron chi connectivity index (χ3n) is 1.62. The van der Waals surface area contributed by atoms with E-state index in [1.807, 2.05) is 0 Å². The Morgan fingerprint density at radius 1 is 1.44 bits per heavy atom. The predicted molar refractivity (Wildman–Crippen MR) is 58.0 cm³/mol. The van der Waals surface area contributed by atoms with Crippen LogP contribution in [0.2, 0.25) is 0 Å². The number of carboxylic acids is 1. The second-order valence-corrected chi connectivity index (χ2v) is 6.21. The first-order valence-corrected chi connectivity index (χ1v) is 6.83. The van der Waals surface area contributed by atoms with Crippen LogP contribution < -0.4 is 0 Å². The summed E-state index contributed by atoms with van der Waals surface area (Å²) in [5.74, 6) is -1.44. The normalized spacial score (nSPS) is 16.1. The zero-order valence-corrected chi connectivity index (χ0v) is 10.5. The summed E-state index contributed by atoms with van der Waals surface area (Å²) in [6.45, 7) is -1.30. The van der Waals surface area contributed by atoms with Crippen LogP contribution in [0, 0.1) is 5.21 Å². The Labute approximate surface area is 102 Å². The minimum Gasteiger partial charge on any atom is -0.632 e. The van der Waals surface area contributed by atoms with E-state index in [1.165, 1.54) is 0 Å². The molecule has 0 aliphatic heterocycles. The Morgan fingerprint density at radius 3 is 2.25 bits per heavy atom. The summed E-state index contributed by atoms with van der Waals surface area (Å²) in [7, 11) is -4.59. The van der Waals surface area contributed by atoms with Crippen molar-refractivity contribution in [2.24, 2.45) is 0 Å². The molecule has 0 spiro atoms. The first-order valence-electron chi connectivity index (χ1n) is 4.16. The molecule has 7 nitrogen and oxygen atoms in total. The topological polar surface area (TPSA) is 118 Å². The van der Waals surface area contributed by atoms with Gasteiger partial charge >= 0.3 is 13.6 Å². The first kappa shape index (κ1) is 16.1. The maximum Gasteiger partial charge on any atom is 0.379 e. The molecule has 1 atom stereocenters. The summed E-state index contributed by atoms with van der Waals surface area (Å²) in [5, 5.41) is 20.3. The molecule has 3 N–H and O–H groups in total. The summed E-state index contributed by atoms with van der Waals surface area (Å²) in [6, 6.07) is 0. The molecule has 10 heteroatoms.